The second kappa shape index (κ2) is 8.85. The van der Waals surface area contributed by atoms with Gasteiger partial charge >= 0.3 is 0 Å². The van der Waals surface area contributed by atoms with Crippen LogP contribution in [0.15, 0.2) is 60.2 Å². The number of benzene rings is 2. The van der Waals surface area contributed by atoms with Crippen LogP contribution in [0.1, 0.15) is 25.7 Å². The van der Waals surface area contributed by atoms with Gasteiger partial charge in [0.2, 0.25) is 11.8 Å². The average Bonchev–Trinajstić information content (AvgIpc) is 3.49. The molecule has 0 N–H and O–H groups in total. The highest BCUT2D eigenvalue weighted by atomic mass is 32.1. The molecular weight excluding hydrogens is 473 g/mol. The van der Waals surface area contributed by atoms with E-state index in [4.69, 9.17) is 9.72 Å². The first kappa shape index (κ1) is 21.7. The Balaban J connectivity index is 1.10. The fraction of sp³-hybridized carbons (Fsp3) is 0.321. The van der Waals surface area contributed by atoms with E-state index in [0.717, 1.165) is 71.2 Å². The topological polar surface area (TPSA) is 56.1 Å². The van der Waals surface area contributed by atoms with E-state index < -0.39 is 0 Å². The number of para-hydroxylation sites is 2. The maximum Gasteiger partial charge on any atom is 0.235 e. The Kier molecular flexibility index (Phi) is 5.34. The van der Waals surface area contributed by atoms with Gasteiger partial charge in [-0.2, -0.15) is 0 Å². The van der Waals surface area contributed by atoms with Crippen molar-refractivity contribution >= 4 is 38.5 Å². The van der Waals surface area contributed by atoms with E-state index in [2.05, 4.69) is 43.7 Å². The predicted molar refractivity (Wildman–Crippen MR) is 141 cm³/mol. The minimum absolute atomic E-state index is 0.0836. The SMILES string of the molecule is Fc1cccc(-c2csc3c(OC4CCN(c5nc6ccccc6n5CC5CC5)CC4)ncnc23)c1. The van der Waals surface area contributed by atoms with E-state index in [1.54, 1.807) is 23.7 Å². The molecule has 36 heavy (non-hydrogen) atoms. The van der Waals surface area contributed by atoms with Gasteiger partial charge in [0.15, 0.2) is 0 Å². The number of anilines is 1. The second-order valence-corrected chi connectivity index (χ2v) is 10.7. The zero-order valence-corrected chi connectivity index (χ0v) is 20.6. The molecule has 0 bridgehead atoms. The molecule has 2 aliphatic rings. The summed E-state index contributed by atoms with van der Waals surface area (Å²) in [6.45, 7) is 2.84. The number of hydrogen-bond donors (Lipinski definition) is 0. The van der Waals surface area contributed by atoms with Gasteiger partial charge in [-0.15, -0.1) is 11.3 Å². The Hall–Kier alpha value is -3.52. The molecule has 1 aliphatic carbocycles. The molecule has 4 heterocycles. The quantitative estimate of drug-likeness (QED) is 0.274. The van der Waals surface area contributed by atoms with Crippen molar-refractivity contribution in [2.24, 2.45) is 5.92 Å². The van der Waals surface area contributed by atoms with Gasteiger partial charge in [0.1, 0.15) is 22.9 Å². The van der Waals surface area contributed by atoms with Crippen LogP contribution < -0.4 is 9.64 Å². The Morgan fingerprint density at radius 1 is 1.00 bits per heavy atom. The highest BCUT2D eigenvalue weighted by molar-refractivity contribution is 7.18. The Morgan fingerprint density at radius 3 is 2.69 bits per heavy atom. The molecule has 0 amide bonds. The summed E-state index contributed by atoms with van der Waals surface area (Å²) in [7, 11) is 0. The molecule has 182 valence electrons. The third kappa shape index (κ3) is 3.99. The smallest absolute Gasteiger partial charge is 0.235 e. The molecule has 0 radical (unpaired) electrons. The van der Waals surface area contributed by atoms with Crippen LogP contribution in [0.5, 0.6) is 5.88 Å². The summed E-state index contributed by atoms with van der Waals surface area (Å²) in [5.74, 6) is 2.23. The molecule has 8 heteroatoms. The lowest BCUT2D eigenvalue weighted by Gasteiger charge is -2.33. The molecule has 1 aliphatic heterocycles. The van der Waals surface area contributed by atoms with Crippen molar-refractivity contribution in [2.75, 3.05) is 18.0 Å². The molecule has 0 spiro atoms. The van der Waals surface area contributed by atoms with Crippen molar-refractivity contribution in [2.45, 2.75) is 38.3 Å². The highest BCUT2D eigenvalue weighted by Crippen LogP contribution is 2.38. The average molecular weight is 500 g/mol. The predicted octanol–water partition coefficient (Wildman–Crippen LogP) is 6.30. The number of imidazole rings is 1. The van der Waals surface area contributed by atoms with E-state index >= 15 is 0 Å². The number of rotatable bonds is 6. The van der Waals surface area contributed by atoms with Crippen molar-refractivity contribution in [1.29, 1.82) is 0 Å². The monoisotopic (exact) mass is 499 g/mol. The third-order valence-corrected chi connectivity index (χ3v) is 8.19. The first-order chi connectivity index (χ1) is 17.7. The van der Waals surface area contributed by atoms with Gasteiger partial charge in [-0.1, -0.05) is 24.3 Å². The van der Waals surface area contributed by atoms with Gasteiger partial charge in [0, 0.05) is 43.4 Å². The Morgan fingerprint density at radius 2 is 1.86 bits per heavy atom. The second-order valence-electron chi connectivity index (χ2n) is 9.78. The van der Waals surface area contributed by atoms with Gasteiger partial charge in [-0.25, -0.2) is 19.3 Å². The minimum atomic E-state index is -0.255. The van der Waals surface area contributed by atoms with Gasteiger partial charge in [-0.05, 0) is 48.6 Å². The van der Waals surface area contributed by atoms with Crippen molar-refractivity contribution in [3.63, 3.8) is 0 Å². The van der Waals surface area contributed by atoms with Crippen LogP contribution >= 0.6 is 11.3 Å². The maximum atomic E-state index is 13.8. The molecule has 2 fully saturated rings. The van der Waals surface area contributed by atoms with Crippen molar-refractivity contribution in [3.05, 3.63) is 66.1 Å². The molecule has 5 aromatic rings. The van der Waals surface area contributed by atoms with Crippen LogP contribution in [0.3, 0.4) is 0 Å². The fourth-order valence-corrected chi connectivity index (χ4v) is 6.11. The van der Waals surface area contributed by atoms with Crippen LogP contribution in [0.25, 0.3) is 32.4 Å². The molecule has 7 rings (SSSR count). The number of aromatic nitrogens is 4. The molecule has 1 saturated carbocycles. The number of ether oxygens (including phenoxy) is 1. The van der Waals surface area contributed by atoms with Gasteiger partial charge in [0.25, 0.3) is 0 Å². The Labute approximate surface area is 212 Å². The lowest BCUT2D eigenvalue weighted by Crippen LogP contribution is -2.39. The van der Waals surface area contributed by atoms with Crippen molar-refractivity contribution < 1.29 is 9.13 Å². The van der Waals surface area contributed by atoms with E-state index in [9.17, 15) is 4.39 Å². The standard InChI is InChI=1S/C28H26FN5OS/c29-20-5-3-4-19(14-20)22-16-36-26-25(22)30-17-31-27(26)35-21-10-12-33(13-11-21)28-32-23-6-1-2-7-24(23)34(28)15-18-8-9-18/h1-7,14,16-18,21H,8-13,15H2. The zero-order valence-electron chi connectivity index (χ0n) is 19.8. The van der Waals surface area contributed by atoms with Crippen LogP contribution in [-0.4, -0.2) is 38.7 Å². The van der Waals surface area contributed by atoms with E-state index in [1.807, 2.05) is 11.4 Å². The molecule has 1 saturated heterocycles. The third-order valence-electron chi connectivity index (χ3n) is 7.23. The zero-order chi connectivity index (χ0) is 24.1. The van der Waals surface area contributed by atoms with Crippen LogP contribution in [0, 0.1) is 11.7 Å². The Bertz CT molecular complexity index is 1550. The molecular formula is C28H26FN5OS. The number of halogens is 1. The van der Waals surface area contributed by atoms with E-state index in [0.29, 0.717) is 5.88 Å². The molecule has 6 nitrogen and oxygen atoms in total. The highest BCUT2D eigenvalue weighted by Gasteiger charge is 2.29. The lowest BCUT2D eigenvalue weighted by atomic mass is 10.1. The van der Waals surface area contributed by atoms with Crippen molar-refractivity contribution in [1.82, 2.24) is 19.5 Å². The van der Waals surface area contributed by atoms with Gasteiger partial charge in [0.05, 0.1) is 16.6 Å². The minimum Gasteiger partial charge on any atom is -0.473 e. The summed E-state index contributed by atoms with van der Waals surface area (Å²) in [5.41, 5.74) is 4.83. The fourth-order valence-electron chi connectivity index (χ4n) is 5.15. The van der Waals surface area contributed by atoms with Gasteiger partial charge in [-0.3, -0.25) is 0 Å². The first-order valence-corrected chi connectivity index (χ1v) is 13.5. The molecule has 0 atom stereocenters. The molecule has 2 aromatic carbocycles. The van der Waals surface area contributed by atoms with Crippen LogP contribution in [0.4, 0.5) is 10.3 Å². The summed E-state index contributed by atoms with van der Waals surface area (Å²) in [4.78, 5) is 16.4. The first-order valence-electron chi connectivity index (χ1n) is 12.6. The number of nitrogens with zero attached hydrogens (tertiary/aromatic N) is 5. The van der Waals surface area contributed by atoms with Crippen LogP contribution in [0.2, 0.25) is 0 Å². The number of hydrogen-bond acceptors (Lipinski definition) is 6. The van der Waals surface area contributed by atoms with Crippen LogP contribution in [-0.2, 0) is 6.54 Å². The number of piperidine rings is 1. The number of fused-ring (bicyclic) bond motifs is 2. The summed E-state index contributed by atoms with van der Waals surface area (Å²) in [5, 5.41) is 2.01. The summed E-state index contributed by atoms with van der Waals surface area (Å²) < 4.78 is 23.5. The number of thiophene rings is 1. The lowest BCUT2D eigenvalue weighted by molar-refractivity contribution is 0.166. The molecule has 3 aromatic heterocycles. The summed E-state index contributed by atoms with van der Waals surface area (Å²) >= 11 is 1.55. The summed E-state index contributed by atoms with van der Waals surface area (Å²) in [6.07, 6.45) is 6.07. The summed E-state index contributed by atoms with van der Waals surface area (Å²) in [6, 6.07) is 15.1. The van der Waals surface area contributed by atoms with E-state index in [1.165, 1.54) is 30.5 Å². The van der Waals surface area contributed by atoms with E-state index in [-0.39, 0.29) is 11.9 Å². The maximum absolute atomic E-state index is 13.8. The van der Waals surface area contributed by atoms with Crippen molar-refractivity contribution in [3.8, 4) is 17.0 Å². The normalized spacial score (nSPS) is 16.8. The van der Waals surface area contributed by atoms with Gasteiger partial charge < -0.3 is 14.2 Å². The largest absolute Gasteiger partial charge is 0.473 e. The molecule has 0 unspecified atom stereocenters.